The number of carbonyl (C=O) groups excluding carboxylic acids is 1. The van der Waals surface area contributed by atoms with Gasteiger partial charge in [0.25, 0.3) is 0 Å². The minimum atomic E-state index is -0.101. The number of thiophene rings is 1. The maximum Gasteiger partial charge on any atom is 0.315 e. The molecule has 1 aliphatic heterocycles. The molecular formula is C17H22N4OS. The van der Waals surface area contributed by atoms with E-state index < -0.39 is 0 Å². The lowest BCUT2D eigenvalue weighted by Gasteiger charge is -2.25. The lowest BCUT2D eigenvalue weighted by atomic mass is 9.95. The van der Waals surface area contributed by atoms with Crippen LogP contribution in [-0.2, 0) is 6.54 Å². The summed E-state index contributed by atoms with van der Waals surface area (Å²) in [6.45, 7) is 2.30. The van der Waals surface area contributed by atoms with E-state index in [2.05, 4.69) is 33.6 Å². The van der Waals surface area contributed by atoms with Crippen LogP contribution in [0.25, 0.3) is 0 Å². The summed E-state index contributed by atoms with van der Waals surface area (Å²) in [6, 6.07) is 6.33. The first-order valence-electron chi connectivity index (χ1n) is 7.87. The maximum absolute atomic E-state index is 12.0. The fraction of sp³-hybridized carbons (Fsp3) is 0.412. The fourth-order valence-corrected chi connectivity index (χ4v) is 3.85. The topological polar surface area (TPSA) is 57.3 Å². The molecule has 0 bridgehead atoms. The van der Waals surface area contributed by atoms with Gasteiger partial charge in [0.2, 0.25) is 0 Å². The molecule has 122 valence electrons. The summed E-state index contributed by atoms with van der Waals surface area (Å²) in [5.74, 6) is 0.413. The van der Waals surface area contributed by atoms with Crippen molar-refractivity contribution >= 4 is 17.4 Å². The summed E-state index contributed by atoms with van der Waals surface area (Å²) in [5, 5.41) is 9.98. The Morgan fingerprint density at radius 1 is 1.43 bits per heavy atom. The van der Waals surface area contributed by atoms with Gasteiger partial charge in [-0.05, 0) is 60.0 Å². The van der Waals surface area contributed by atoms with E-state index in [4.69, 9.17) is 0 Å². The molecule has 0 unspecified atom stereocenters. The average molecular weight is 330 g/mol. The molecule has 2 amide bonds. The molecule has 23 heavy (non-hydrogen) atoms. The molecule has 0 aliphatic carbocycles. The third-order valence-electron chi connectivity index (χ3n) is 4.36. The molecule has 0 spiro atoms. The number of rotatable bonds is 5. The predicted molar refractivity (Wildman–Crippen MR) is 92.3 cm³/mol. The molecule has 0 saturated carbocycles. The van der Waals surface area contributed by atoms with Crippen molar-refractivity contribution in [1.29, 1.82) is 0 Å². The highest BCUT2D eigenvalue weighted by Crippen LogP contribution is 2.35. The monoisotopic (exact) mass is 330 g/mol. The third-order valence-corrected chi connectivity index (χ3v) is 5.09. The SMILES string of the molecule is CN1CC[C@@H](CNC(=O)NCc2ccsc2)[C@@H]1c1cccnc1. The molecule has 1 saturated heterocycles. The van der Waals surface area contributed by atoms with Gasteiger partial charge in [-0.25, -0.2) is 4.79 Å². The molecule has 6 heteroatoms. The largest absolute Gasteiger partial charge is 0.338 e. The minimum Gasteiger partial charge on any atom is -0.338 e. The maximum atomic E-state index is 12.0. The summed E-state index contributed by atoms with van der Waals surface area (Å²) in [5.41, 5.74) is 2.36. The van der Waals surface area contributed by atoms with E-state index in [-0.39, 0.29) is 6.03 Å². The van der Waals surface area contributed by atoms with Crippen molar-refractivity contribution in [3.05, 3.63) is 52.5 Å². The minimum absolute atomic E-state index is 0.101. The Morgan fingerprint density at radius 2 is 2.35 bits per heavy atom. The molecule has 3 heterocycles. The molecule has 2 N–H and O–H groups in total. The van der Waals surface area contributed by atoms with E-state index in [1.54, 1.807) is 17.5 Å². The summed E-state index contributed by atoms with van der Waals surface area (Å²) in [4.78, 5) is 18.5. The Morgan fingerprint density at radius 3 is 3.09 bits per heavy atom. The van der Waals surface area contributed by atoms with Crippen molar-refractivity contribution in [1.82, 2.24) is 20.5 Å². The first-order valence-corrected chi connectivity index (χ1v) is 8.81. The molecule has 0 radical (unpaired) electrons. The summed E-state index contributed by atoms with van der Waals surface area (Å²) >= 11 is 1.64. The van der Waals surface area contributed by atoms with Gasteiger partial charge in [-0.2, -0.15) is 11.3 Å². The number of nitrogens with zero attached hydrogens (tertiary/aromatic N) is 2. The van der Waals surface area contributed by atoms with Crippen LogP contribution in [-0.4, -0.2) is 36.1 Å². The lowest BCUT2D eigenvalue weighted by molar-refractivity contribution is 0.233. The molecular weight excluding hydrogens is 308 g/mol. The van der Waals surface area contributed by atoms with E-state index in [9.17, 15) is 4.79 Å². The first-order chi connectivity index (χ1) is 11.2. The van der Waals surface area contributed by atoms with Gasteiger partial charge in [-0.3, -0.25) is 9.88 Å². The standard InChI is InChI=1S/C17H22N4OS/c1-21-7-4-15(16(21)14-3-2-6-18-10-14)11-20-17(22)19-9-13-5-8-23-12-13/h2-3,5-6,8,10,12,15-16H,4,7,9,11H2,1H3,(H2,19,20,22)/t15-,16-/m0/s1. The second-order valence-corrected chi connectivity index (χ2v) is 6.74. The number of hydrogen-bond donors (Lipinski definition) is 2. The molecule has 1 fully saturated rings. The fourth-order valence-electron chi connectivity index (χ4n) is 3.18. The van der Waals surface area contributed by atoms with Crippen molar-refractivity contribution < 1.29 is 4.79 Å². The van der Waals surface area contributed by atoms with Crippen LogP contribution in [0, 0.1) is 5.92 Å². The molecule has 2 atom stereocenters. The molecule has 3 rings (SSSR count). The van der Waals surface area contributed by atoms with Crippen LogP contribution in [0.3, 0.4) is 0 Å². The molecule has 1 aliphatic rings. The van der Waals surface area contributed by atoms with Gasteiger partial charge < -0.3 is 10.6 Å². The van der Waals surface area contributed by atoms with Gasteiger partial charge >= 0.3 is 6.03 Å². The highest BCUT2D eigenvalue weighted by Gasteiger charge is 2.33. The summed E-state index contributed by atoms with van der Waals surface area (Å²) in [7, 11) is 2.13. The van der Waals surface area contributed by atoms with E-state index in [1.807, 2.05) is 29.1 Å². The third kappa shape index (κ3) is 4.09. The molecule has 2 aromatic rings. The van der Waals surface area contributed by atoms with E-state index in [0.29, 0.717) is 25.0 Å². The van der Waals surface area contributed by atoms with Crippen molar-refractivity contribution in [3.8, 4) is 0 Å². The van der Waals surface area contributed by atoms with Crippen LogP contribution in [0.15, 0.2) is 41.4 Å². The summed E-state index contributed by atoms with van der Waals surface area (Å²) in [6.07, 6.45) is 4.81. The Labute approximate surface area is 140 Å². The lowest BCUT2D eigenvalue weighted by Crippen LogP contribution is -2.39. The zero-order chi connectivity index (χ0) is 16.1. The zero-order valence-electron chi connectivity index (χ0n) is 13.2. The van der Waals surface area contributed by atoms with Gasteiger partial charge in [0.05, 0.1) is 0 Å². The Bertz CT molecular complexity index is 617. The number of urea groups is 1. The highest BCUT2D eigenvalue weighted by molar-refractivity contribution is 7.07. The number of aromatic nitrogens is 1. The van der Waals surface area contributed by atoms with Crippen LogP contribution < -0.4 is 10.6 Å². The molecule has 5 nitrogen and oxygen atoms in total. The highest BCUT2D eigenvalue weighted by atomic mass is 32.1. The van der Waals surface area contributed by atoms with Crippen molar-refractivity contribution in [2.45, 2.75) is 19.0 Å². The van der Waals surface area contributed by atoms with Crippen LogP contribution in [0.1, 0.15) is 23.6 Å². The molecule has 2 aromatic heterocycles. The Balaban J connectivity index is 1.51. The van der Waals surface area contributed by atoms with Crippen LogP contribution in [0.4, 0.5) is 4.79 Å². The number of likely N-dealkylation sites (tertiary alicyclic amines) is 1. The van der Waals surface area contributed by atoms with Gasteiger partial charge in [0.15, 0.2) is 0 Å². The quantitative estimate of drug-likeness (QED) is 0.886. The Hall–Kier alpha value is -1.92. The van der Waals surface area contributed by atoms with Crippen molar-refractivity contribution in [2.24, 2.45) is 5.92 Å². The van der Waals surface area contributed by atoms with Crippen molar-refractivity contribution in [2.75, 3.05) is 20.1 Å². The van der Waals surface area contributed by atoms with Crippen LogP contribution in [0.5, 0.6) is 0 Å². The van der Waals surface area contributed by atoms with Gasteiger partial charge in [0, 0.05) is 31.5 Å². The van der Waals surface area contributed by atoms with Gasteiger partial charge in [0.1, 0.15) is 0 Å². The van der Waals surface area contributed by atoms with E-state index in [1.165, 1.54) is 5.56 Å². The van der Waals surface area contributed by atoms with E-state index in [0.717, 1.165) is 18.5 Å². The van der Waals surface area contributed by atoms with Gasteiger partial charge in [-0.15, -0.1) is 0 Å². The van der Waals surface area contributed by atoms with Gasteiger partial charge in [-0.1, -0.05) is 6.07 Å². The second kappa shape index (κ2) is 7.57. The number of hydrogen-bond acceptors (Lipinski definition) is 4. The number of carbonyl (C=O) groups is 1. The Kier molecular flexibility index (Phi) is 5.25. The zero-order valence-corrected chi connectivity index (χ0v) is 14.1. The first kappa shape index (κ1) is 16.0. The van der Waals surface area contributed by atoms with E-state index >= 15 is 0 Å². The summed E-state index contributed by atoms with van der Waals surface area (Å²) < 4.78 is 0. The number of nitrogens with one attached hydrogen (secondary N) is 2. The second-order valence-electron chi connectivity index (χ2n) is 5.96. The average Bonchev–Trinajstić information content (AvgIpc) is 3.21. The van der Waals surface area contributed by atoms with Crippen LogP contribution in [0.2, 0.25) is 0 Å². The smallest absolute Gasteiger partial charge is 0.315 e. The normalized spacial score (nSPS) is 21.3. The molecule has 0 aromatic carbocycles. The number of pyridine rings is 1. The predicted octanol–water partition coefficient (Wildman–Crippen LogP) is 2.64. The van der Waals surface area contributed by atoms with Crippen LogP contribution >= 0.6 is 11.3 Å². The van der Waals surface area contributed by atoms with Crippen molar-refractivity contribution in [3.63, 3.8) is 0 Å². The number of amides is 2.